The van der Waals surface area contributed by atoms with E-state index in [2.05, 4.69) is 60.6 Å². The van der Waals surface area contributed by atoms with Crippen LogP contribution >= 0.6 is 22.6 Å². The summed E-state index contributed by atoms with van der Waals surface area (Å²) in [5.74, 6) is 3.15. The molecule has 5 heteroatoms. The Kier molecular flexibility index (Phi) is 4.36. The number of hydrogen-bond acceptors (Lipinski definition) is 4. The van der Waals surface area contributed by atoms with Gasteiger partial charge >= 0.3 is 0 Å². The fourth-order valence-electron chi connectivity index (χ4n) is 1.91. The second kappa shape index (κ2) is 5.71. The molecule has 0 radical (unpaired) electrons. The van der Waals surface area contributed by atoms with Gasteiger partial charge in [0.2, 0.25) is 0 Å². The summed E-state index contributed by atoms with van der Waals surface area (Å²) in [6.07, 6.45) is 0.870. The van der Waals surface area contributed by atoms with E-state index in [9.17, 15) is 0 Å². The molecule has 0 saturated carbocycles. The summed E-state index contributed by atoms with van der Waals surface area (Å²) in [6.45, 7) is 8.53. The maximum absolute atomic E-state index is 5.77. The van der Waals surface area contributed by atoms with Crippen molar-refractivity contribution in [1.29, 1.82) is 0 Å². The molecule has 0 bridgehead atoms. The zero-order valence-corrected chi connectivity index (χ0v) is 14.7. The van der Waals surface area contributed by atoms with Crippen molar-refractivity contribution in [1.82, 2.24) is 9.97 Å². The lowest BCUT2D eigenvalue weighted by Gasteiger charge is -2.21. The Hall–Kier alpha value is -1.11. The van der Waals surface area contributed by atoms with Crippen LogP contribution in [0.2, 0.25) is 0 Å². The monoisotopic (exact) mass is 385 g/mol. The first kappa shape index (κ1) is 15.3. The number of halogens is 1. The Morgan fingerprint density at radius 3 is 2.45 bits per heavy atom. The van der Waals surface area contributed by atoms with Crippen LogP contribution in [0.4, 0.5) is 5.82 Å². The van der Waals surface area contributed by atoms with Crippen LogP contribution in [0.25, 0.3) is 11.6 Å². The topological polar surface area (TPSA) is 51.0 Å². The molecule has 0 spiro atoms. The van der Waals surface area contributed by atoms with Gasteiger partial charge in [0.15, 0.2) is 11.6 Å². The van der Waals surface area contributed by atoms with E-state index >= 15 is 0 Å². The molecule has 0 amide bonds. The number of hydrogen-bond donors (Lipinski definition) is 1. The molecule has 108 valence electrons. The third-order valence-electron chi connectivity index (χ3n) is 3.03. The van der Waals surface area contributed by atoms with Crippen molar-refractivity contribution >= 4 is 28.4 Å². The Bertz CT molecular complexity index is 614. The van der Waals surface area contributed by atoms with E-state index in [1.54, 1.807) is 0 Å². The molecule has 2 rings (SSSR count). The SMILES string of the molecule is CCc1ccc(-c2nc(NC)c(I)c(C(C)(C)C)n2)o1. The molecule has 4 nitrogen and oxygen atoms in total. The first-order valence-electron chi connectivity index (χ1n) is 6.71. The van der Waals surface area contributed by atoms with Crippen LogP contribution < -0.4 is 5.32 Å². The highest BCUT2D eigenvalue weighted by Crippen LogP contribution is 2.31. The molecule has 0 aromatic carbocycles. The van der Waals surface area contributed by atoms with Crippen molar-refractivity contribution in [3.63, 3.8) is 0 Å². The van der Waals surface area contributed by atoms with Gasteiger partial charge in [0.05, 0.1) is 9.26 Å². The summed E-state index contributed by atoms with van der Waals surface area (Å²) < 4.78 is 6.83. The van der Waals surface area contributed by atoms with Crippen LogP contribution in [0.1, 0.15) is 39.1 Å². The second-order valence-corrected chi connectivity index (χ2v) is 6.76. The van der Waals surface area contributed by atoms with Gasteiger partial charge in [-0.05, 0) is 34.7 Å². The molecule has 0 saturated heterocycles. The lowest BCUT2D eigenvalue weighted by Crippen LogP contribution is -2.18. The van der Waals surface area contributed by atoms with Crippen LogP contribution in [0.3, 0.4) is 0 Å². The molecule has 2 heterocycles. The number of furan rings is 1. The molecule has 0 aliphatic carbocycles. The number of rotatable bonds is 3. The van der Waals surface area contributed by atoms with Crippen molar-refractivity contribution in [3.05, 3.63) is 27.2 Å². The maximum Gasteiger partial charge on any atom is 0.197 e. The van der Waals surface area contributed by atoms with Gasteiger partial charge in [0, 0.05) is 18.9 Å². The van der Waals surface area contributed by atoms with E-state index in [1.165, 1.54) is 0 Å². The van der Waals surface area contributed by atoms with E-state index in [-0.39, 0.29) is 5.41 Å². The Balaban J connectivity index is 2.59. The first-order valence-corrected chi connectivity index (χ1v) is 7.79. The minimum atomic E-state index is -0.0417. The minimum absolute atomic E-state index is 0.0417. The highest BCUT2D eigenvalue weighted by Gasteiger charge is 2.24. The molecule has 1 N–H and O–H groups in total. The standard InChI is InChI=1S/C15H20IN3O/c1-6-9-7-8-10(20-9)13-18-12(15(2,3)4)11(16)14(17-5)19-13/h7-8H,6H2,1-5H3,(H,17,18,19). The molecule has 2 aromatic rings. The summed E-state index contributed by atoms with van der Waals surface area (Å²) in [5.41, 5.74) is 0.988. The van der Waals surface area contributed by atoms with Crippen molar-refractivity contribution in [3.8, 4) is 11.6 Å². The fourth-order valence-corrected chi connectivity index (χ4v) is 3.23. The molecule has 0 unspecified atom stereocenters. The highest BCUT2D eigenvalue weighted by molar-refractivity contribution is 14.1. The van der Waals surface area contributed by atoms with Crippen LogP contribution in [0.15, 0.2) is 16.5 Å². The molecule has 20 heavy (non-hydrogen) atoms. The highest BCUT2D eigenvalue weighted by atomic mass is 127. The number of nitrogens with zero attached hydrogens (tertiary/aromatic N) is 2. The average molecular weight is 385 g/mol. The van der Waals surface area contributed by atoms with Gasteiger partial charge in [-0.2, -0.15) is 0 Å². The van der Waals surface area contributed by atoms with Gasteiger partial charge < -0.3 is 9.73 Å². The summed E-state index contributed by atoms with van der Waals surface area (Å²) in [4.78, 5) is 9.28. The maximum atomic E-state index is 5.77. The predicted molar refractivity (Wildman–Crippen MR) is 90.1 cm³/mol. The minimum Gasteiger partial charge on any atom is -0.458 e. The van der Waals surface area contributed by atoms with E-state index in [0.29, 0.717) is 5.82 Å². The predicted octanol–water partition coefficient (Wildman–Crippen LogP) is 4.24. The molecule has 2 aromatic heterocycles. The van der Waals surface area contributed by atoms with Gasteiger partial charge in [-0.3, -0.25) is 0 Å². The van der Waals surface area contributed by atoms with Crippen LogP contribution in [0, 0.1) is 3.57 Å². The summed E-state index contributed by atoms with van der Waals surface area (Å²) >= 11 is 2.30. The Labute approximate surface area is 133 Å². The van der Waals surface area contributed by atoms with Crippen LogP contribution in [-0.2, 0) is 11.8 Å². The Morgan fingerprint density at radius 2 is 1.95 bits per heavy atom. The van der Waals surface area contributed by atoms with Crippen LogP contribution in [-0.4, -0.2) is 17.0 Å². The first-order chi connectivity index (χ1) is 9.36. The molecule has 0 fully saturated rings. The summed E-state index contributed by atoms with van der Waals surface area (Å²) in [5, 5.41) is 3.14. The van der Waals surface area contributed by atoms with Crippen molar-refractivity contribution in [2.45, 2.75) is 39.5 Å². The van der Waals surface area contributed by atoms with Crippen molar-refractivity contribution < 1.29 is 4.42 Å². The number of aryl methyl sites for hydroxylation is 1. The van der Waals surface area contributed by atoms with Gasteiger partial charge in [-0.25, -0.2) is 9.97 Å². The second-order valence-electron chi connectivity index (χ2n) is 5.68. The van der Waals surface area contributed by atoms with Gasteiger partial charge in [-0.15, -0.1) is 0 Å². The third-order valence-corrected chi connectivity index (χ3v) is 4.05. The largest absolute Gasteiger partial charge is 0.458 e. The van der Waals surface area contributed by atoms with E-state index in [4.69, 9.17) is 9.40 Å². The third kappa shape index (κ3) is 2.97. The van der Waals surface area contributed by atoms with Crippen LogP contribution in [0.5, 0.6) is 0 Å². The zero-order valence-electron chi connectivity index (χ0n) is 12.5. The lowest BCUT2D eigenvalue weighted by atomic mass is 9.92. The Morgan fingerprint density at radius 1 is 1.25 bits per heavy atom. The van der Waals surface area contributed by atoms with E-state index < -0.39 is 0 Å². The van der Waals surface area contributed by atoms with Gasteiger partial charge in [0.25, 0.3) is 0 Å². The quantitative estimate of drug-likeness (QED) is 0.803. The van der Waals surface area contributed by atoms with Crippen molar-refractivity contribution in [2.24, 2.45) is 0 Å². The van der Waals surface area contributed by atoms with Gasteiger partial charge in [-0.1, -0.05) is 27.7 Å². The number of nitrogens with one attached hydrogen (secondary N) is 1. The summed E-state index contributed by atoms with van der Waals surface area (Å²) in [7, 11) is 1.88. The summed E-state index contributed by atoms with van der Waals surface area (Å²) in [6, 6.07) is 3.92. The van der Waals surface area contributed by atoms with Gasteiger partial charge in [0.1, 0.15) is 11.6 Å². The molecule has 0 aliphatic heterocycles. The van der Waals surface area contributed by atoms with E-state index in [1.807, 2.05) is 19.2 Å². The molecular weight excluding hydrogens is 365 g/mol. The number of aromatic nitrogens is 2. The zero-order chi connectivity index (χ0) is 14.9. The normalized spacial score (nSPS) is 11.7. The van der Waals surface area contributed by atoms with E-state index in [0.717, 1.165) is 33.0 Å². The molecule has 0 aliphatic rings. The smallest absolute Gasteiger partial charge is 0.197 e. The molecule has 0 atom stereocenters. The number of anilines is 1. The van der Waals surface area contributed by atoms with Crippen molar-refractivity contribution in [2.75, 3.05) is 12.4 Å². The average Bonchev–Trinajstić information content (AvgIpc) is 2.86. The fraction of sp³-hybridized carbons (Fsp3) is 0.467. The lowest BCUT2D eigenvalue weighted by molar-refractivity contribution is 0.521. The molecular formula is C15H20IN3O.